The minimum atomic E-state index is 0.710. The average Bonchev–Trinajstić information content (AvgIpc) is 2.17. The molecule has 0 unspecified atom stereocenters. The smallest absolute Gasteiger partial charge is 0.0713 e. The van der Waals surface area contributed by atoms with E-state index in [2.05, 4.69) is 31.2 Å². The highest BCUT2D eigenvalue weighted by atomic mass is 32.2. The van der Waals surface area contributed by atoms with Crippen LogP contribution in [0.2, 0.25) is 0 Å². The summed E-state index contributed by atoms with van der Waals surface area (Å²) < 4.78 is 5.04. The molecule has 0 heterocycles. The Balaban J connectivity index is 2.48. The molecule has 0 atom stereocenters. The van der Waals surface area contributed by atoms with Gasteiger partial charge in [0.25, 0.3) is 0 Å². The lowest BCUT2D eigenvalue weighted by atomic mass is 10.2. The maximum Gasteiger partial charge on any atom is 0.0713 e. The zero-order valence-electron chi connectivity index (χ0n) is 8.25. The summed E-state index contributed by atoms with van der Waals surface area (Å²) in [5.74, 6) is 2.30. The third-order valence-electron chi connectivity index (χ3n) is 1.81. The Morgan fingerprint density at radius 1 is 1.15 bits per heavy atom. The quantitative estimate of drug-likeness (QED) is 0.715. The molecule has 1 aromatic carbocycles. The van der Waals surface area contributed by atoms with E-state index in [0.717, 1.165) is 5.75 Å². The molecule has 0 radical (unpaired) electrons. The van der Waals surface area contributed by atoms with Crippen molar-refractivity contribution in [3.05, 3.63) is 35.4 Å². The molecule has 13 heavy (non-hydrogen) atoms. The van der Waals surface area contributed by atoms with E-state index in [1.165, 1.54) is 16.9 Å². The second-order valence-corrected chi connectivity index (χ2v) is 4.16. The molecule has 0 spiro atoms. The van der Waals surface area contributed by atoms with Crippen molar-refractivity contribution >= 4 is 11.8 Å². The molecule has 2 heteroatoms. The normalized spacial score (nSPS) is 10.3. The number of hydrogen-bond acceptors (Lipinski definition) is 2. The van der Waals surface area contributed by atoms with Gasteiger partial charge in [-0.05, 0) is 16.9 Å². The van der Waals surface area contributed by atoms with Gasteiger partial charge in [0.15, 0.2) is 0 Å². The van der Waals surface area contributed by atoms with Crippen LogP contribution in [0.5, 0.6) is 0 Å². The van der Waals surface area contributed by atoms with Crippen LogP contribution >= 0.6 is 11.8 Å². The highest BCUT2D eigenvalue weighted by Gasteiger charge is 1.93. The number of thioether (sulfide) groups is 1. The molecule has 0 aliphatic carbocycles. The molecule has 0 N–H and O–H groups in total. The van der Waals surface area contributed by atoms with Crippen molar-refractivity contribution in [1.29, 1.82) is 0 Å². The van der Waals surface area contributed by atoms with E-state index in [0.29, 0.717) is 6.61 Å². The summed E-state index contributed by atoms with van der Waals surface area (Å²) in [5.41, 5.74) is 2.64. The first-order valence-electron chi connectivity index (χ1n) is 4.51. The Morgan fingerprint density at radius 2 is 1.77 bits per heavy atom. The van der Waals surface area contributed by atoms with E-state index >= 15 is 0 Å². The van der Waals surface area contributed by atoms with E-state index in [1.807, 2.05) is 11.8 Å². The standard InChI is InChI=1S/C11H16OS/c1-3-13-9-11-6-4-10(5-7-11)8-12-2/h4-7H,3,8-9H2,1-2H3. The van der Waals surface area contributed by atoms with Crippen molar-refractivity contribution in [3.63, 3.8) is 0 Å². The number of rotatable bonds is 5. The molecule has 0 aliphatic heterocycles. The van der Waals surface area contributed by atoms with Gasteiger partial charge in [0.05, 0.1) is 6.61 Å². The second-order valence-electron chi connectivity index (χ2n) is 2.89. The van der Waals surface area contributed by atoms with Gasteiger partial charge in [0.1, 0.15) is 0 Å². The maximum absolute atomic E-state index is 5.04. The van der Waals surface area contributed by atoms with Crippen molar-refractivity contribution in [2.75, 3.05) is 12.9 Å². The van der Waals surface area contributed by atoms with Crippen molar-refractivity contribution < 1.29 is 4.74 Å². The van der Waals surface area contributed by atoms with Crippen LogP contribution in [0.3, 0.4) is 0 Å². The predicted octanol–water partition coefficient (Wildman–Crippen LogP) is 3.09. The Labute approximate surface area is 84.5 Å². The molecule has 0 saturated carbocycles. The van der Waals surface area contributed by atoms with Gasteiger partial charge in [-0.25, -0.2) is 0 Å². The van der Waals surface area contributed by atoms with E-state index < -0.39 is 0 Å². The highest BCUT2D eigenvalue weighted by Crippen LogP contribution is 2.12. The molecular formula is C11H16OS. The van der Waals surface area contributed by atoms with Crippen molar-refractivity contribution in [2.24, 2.45) is 0 Å². The first kappa shape index (κ1) is 10.6. The van der Waals surface area contributed by atoms with Crippen LogP contribution in [-0.2, 0) is 17.1 Å². The minimum absolute atomic E-state index is 0.710. The van der Waals surface area contributed by atoms with Crippen molar-refractivity contribution in [3.8, 4) is 0 Å². The van der Waals surface area contributed by atoms with Gasteiger partial charge in [-0.3, -0.25) is 0 Å². The molecule has 0 fully saturated rings. The molecule has 1 rings (SSSR count). The lowest BCUT2D eigenvalue weighted by Gasteiger charge is -2.02. The summed E-state index contributed by atoms with van der Waals surface area (Å²) in [4.78, 5) is 0. The molecule has 0 amide bonds. The maximum atomic E-state index is 5.04. The number of methoxy groups -OCH3 is 1. The van der Waals surface area contributed by atoms with Gasteiger partial charge in [0.2, 0.25) is 0 Å². The molecule has 1 aromatic rings. The first-order chi connectivity index (χ1) is 6.36. The van der Waals surface area contributed by atoms with E-state index in [1.54, 1.807) is 7.11 Å². The van der Waals surface area contributed by atoms with Crippen LogP contribution in [0, 0.1) is 0 Å². The van der Waals surface area contributed by atoms with Crippen LogP contribution in [0.1, 0.15) is 18.1 Å². The number of ether oxygens (including phenoxy) is 1. The lowest BCUT2D eigenvalue weighted by molar-refractivity contribution is 0.185. The molecule has 0 aliphatic rings. The summed E-state index contributed by atoms with van der Waals surface area (Å²) in [7, 11) is 1.72. The van der Waals surface area contributed by atoms with E-state index in [-0.39, 0.29) is 0 Å². The number of hydrogen-bond donors (Lipinski definition) is 0. The summed E-state index contributed by atoms with van der Waals surface area (Å²) >= 11 is 1.95. The van der Waals surface area contributed by atoms with Crippen LogP contribution in [0.25, 0.3) is 0 Å². The lowest BCUT2D eigenvalue weighted by Crippen LogP contribution is -1.88. The van der Waals surface area contributed by atoms with Crippen molar-refractivity contribution in [1.82, 2.24) is 0 Å². The van der Waals surface area contributed by atoms with Crippen LogP contribution in [0.15, 0.2) is 24.3 Å². The average molecular weight is 196 g/mol. The fraction of sp³-hybridized carbons (Fsp3) is 0.455. The van der Waals surface area contributed by atoms with Gasteiger partial charge in [-0.1, -0.05) is 31.2 Å². The monoisotopic (exact) mass is 196 g/mol. The van der Waals surface area contributed by atoms with Gasteiger partial charge >= 0.3 is 0 Å². The van der Waals surface area contributed by atoms with Gasteiger partial charge in [-0.15, -0.1) is 0 Å². The van der Waals surface area contributed by atoms with E-state index in [9.17, 15) is 0 Å². The number of benzene rings is 1. The highest BCUT2D eigenvalue weighted by molar-refractivity contribution is 7.98. The van der Waals surface area contributed by atoms with Gasteiger partial charge in [-0.2, -0.15) is 11.8 Å². The fourth-order valence-electron chi connectivity index (χ4n) is 1.12. The topological polar surface area (TPSA) is 9.23 Å². The Hall–Kier alpha value is -0.470. The predicted molar refractivity (Wildman–Crippen MR) is 59.0 cm³/mol. The molecular weight excluding hydrogens is 180 g/mol. The first-order valence-corrected chi connectivity index (χ1v) is 5.66. The summed E-state index contributed by atoms with van der Waals surface area (Å²) in [5, 5.41) is 0. The van der Waals surface area contributed by atoms with Crippen LogP contribution in [0.4, 0.5) is 0 Å². The third-order valence-corrected chi connectivity index (χ3v) is 2.75. The molecule has 72 valence electrons. The van der Waals surface area contributed by atoms with Crippen LogP contribution in [-0.4, -0.2) is 12.9 Å². The molecule has 0 bridgehead atoms. The zero-order chi connectivity index (χ0) is 9.52. The molecule has 0 aromatic heterocycles. The summed E-state index contributed by atoms with van der Waals surface area (Å²) in [6.45, 7) is 2.89. The molecule has 0 saturated heterocycles. The van der Waals surface area contributed by atoms with Crippen LogP contribution < -0.4 is 0 Å². The minimum Gasteiger partial charge on any atom is -0.380 e. The third kappa shape index (κ3) is 3.83. The van der Waals surface area contributed by atoms with Crippen molar-refractivity contribution in [2.45, 2.75) is 19.3 Å². The summed E-state index contributed by atoms with van der Waals surface area (Å²) in [6.07, 6.45) is 0. The Kier molecular flexibility index (Phi) is 4.94. The summed E-state index contributed by atoms with van der Waals surface area (Å²) in [6, 6.07) is 8.62. The fourth-order valence-corrected chi connectivity index (χ4v) is 1.75. The van der Waals surface area contributed by atoms with Gasteiger partial charge in [0, 0.05) is 12.9 Å². The second kappa shape index (κ2) is 6.06. The van der Waals surface area contributed by atoms with E-state index in [4.69, 9.17) is 4.74 Å². The Bertz CT molecular complexity index is 230. The zero-order valence-corrected chi connectivity index (χ0v) is 9.06. The Morgan fingerprint density at radius 3 is 2.31 bits per heavy atom. The largest absolute Gasteiger partial charge is 0.380 e. The SMILES string of the molecule is CCSCc1ccc(COC)cc1. The molecule has 1 nitrogen and oxygen atoms in total. The van der Waals surface area contributed by atoms with Gasteiger partial charge < -0.3 is 4.74 Å².